The first kappa shape index (κ1) is 12.1. The number of methoxy groups -OCH3 is 1. The van der Waals surface area contributed by atoms with Crippen LogP contribution in [0.1, 0.15) is 13.8 Å². The van der Waals surface area contributed by atoms with Crippen LogP contribution in [0.2, 0.25) is 0 Å². The van der Waals surface area contributed by atoms with E-state index in [2.05, 4.69) is 5.32 Å². The molecule has 4 heteroatoms. The lowest BCUT2D eigenvalue weighted by Crippen LogP contribution is -2.36. The zero-order chi connectivity index (χ0) is 9.56. The number of hydrogen-bond acceptors (Lipinski definition) is 3. The van der Waals surface area contributed by atoms with E-state index in [0.29, 0.717) is 12.4 Å². The highest BCUT2D eigenvalue weighted by atomic mass is 32.2. The lowest BCUT2D eigenvalue weighted by molar-refractivity contribution is 0.176. The minimum atomic E-state index is -0.746. The zero-order valence-corrected chi connectivity index (χ0v) is 9.11. The van der Waals surface area contributed by atoms with Crippen molar-refractivity contribution in [3.8, 4) is 0 Å². The summed E-state index contributed by atoms with van der Waals surface area (Å²) in [6.07, 6.45) is 0. The number of hydrogen-bond donors (Lipinski definition) is 1. The Morgan fingerprint density at radius 2 is 2.08 bits per heavy atom. The van der Waals surface area contributed by atoms with Crippen molar-refractivity contribution in [3.05, 3.63) is 0 Å². The minimum Gasteiger partial charge on any atom is -0.383 e. The van der Waals surface area contributed by atoms with Crippen LogP contribution in [0.3, 0.4) is 0 Å². The van der Waals surface area contributed by atoms with Gasteiger partial charge in [-0.2, -0.15) is 0 Å². The number of ether oxygens (including phenoxy) is 1. The number of rotatable bonds is 6. The van der Waals surface area contributed by atoms with E-state index in [1.807, 2.05) is 20.9 Å². The van der Waals surface area contributed by atoms with Crippen LogP contribution in [0.5, 0.6) is 0 Å². The van der Waals surface area contributed by atoms with Crippen molar-refractivity contribution in [1.82, 2.24) is 5.32 Å². The molecule has 2 unspecified atom stereocenters. The maximum atomic E-state index is 11.4. The molecule has 0 aliphatic heterocycles. The molecular formula is C8H19NO2S. The SMILES string of the molecule is CNC(COC)CS(=O)C(C)C. The maximum Gasteiger partial charge on any atom is 0.0624 e. The average Bonchev–Trinajstić information content (AvgIpc) is 2.03. The van der Waals surface area contributed by atoms with E-state index in [1.165, 1.54) is 0 Å². The first-order valence-electron chi connectivity index (χ1n) is 4.15. The zero-order valence-electron chi connectivity index (χ0n) is 8.29. The van der Waals surface area contributed by atoms with Crippen LogP contribution in [0.25, 0.3) is 0 Å². The summed E-state index contributed by atoms with van der Waals surface area (Å²) in [5.74, 6) is 0.669. The quantitative estimate of drug-likeness (QED) is 0.662. The second-order valence-corrected chi connectivity index (χ2v) is 5.07. The first-order valence-corrected chi connectivity index (χ1v) is 5.53. The van der Waals surface area contributed by atoms with Crippen molar-refractivity contribution >= 4 is 10.8 Å². The number of nitrogens with one attached hydrogen (secondary N) is 1. The van der Waals surface area contributed by atoms with Gasteiger partial charge < -0.3 is 10.1 Å². The predicted octanol–water partition coefficient (Wildman–Crippen LogP) is 0.378. The molecule has 2 atom stereocenters. The summed E-state index contributed by atoms with van der Waals surface area (Å²) in [7, 11) is 2.77. The summed E-state index contributed by atoms with van der Waals surface area (Å²) in [5, 5.41) is 3.30. The van der Waals surface area contributed by atoms with Crippen molar-refractivity contribution in [2.75, 3.05) is 26.5 Å². The summed E-state index contributed by atoms with van der Waals surface area (Å²) in [6.45, 7) is 4.56. The molecule has 12 heavy (non-hydrogen) atoms. The molecule has 0 aliphatic carbocycles. The van der Waals surface area contributed by atoms with Gasteiger partial charge in [-0.25, -0.2) is 0 Å². The van der Waals surface area contributed by atoms with E-state index in [1.54, 1.807) is 7.11 Å². The standard InChI is InChI=1S/C8H19NO2S/c1-7(2)12(10)6-8(9-3)5-11-4/h7-9H,5-6H2,1-4H3. The molecular weight excluding hydrogens is 174 g/mol. The van der Waals surface area contributed by atoms with Crippen molar-refractivity contribution < 1.29 is 8.95 Å². The fourth-order valence-corrected chi connectivity index (χ4v) is 1.85. The topological polar surface area (TPSA) is 38.3 Å². The van der Waals surface area contributed by atoms with Gasteiger partial charge in [-0.3, -0.25) is 4.21 Å². The molecule has 1 N–H and O–H groups in total. The van der Waals surface area contributed by atoms with E-state index in [0.717, 1.165) is 0 Å². The number of likely N-dealkylation sites (N-methyl/N-ethyl adjacent to an activating group) is 1. The van der Waals surface area contributed by atoms with Crippen LogP contribution >= 0.6 is 0 Å². The van der Waals surface area contributed by atoms with Gasteiger partial charge >= 0.3 is 0 Å². The molecule has 0 rings (SSSR count). The van der Waals surface area contributed by atoms with E-state index in [9.17, 15) is 4.21 Å². The summed E-state index contributed by atoms with van der Waals surface area (Å²) < 4.78 is 16.4. The molecule has 0 saturated heterocycles. The van der Waals surface area contributed by atoms with Crippen LogP contribution in [0.4, 0.5) is 0 Å². The van der Waals surface area contributed by atoms with Crippen LogP contribution in [-0.2, 0) is 15.5 Å². The Labute approximate surface area is 77.3 Å². The fraction of sp³-hybridized carbons (Fsp3) is 1.00. The van der Waals surface area contributed by atoms with Crippen molar-refractivity contribution in [1.29, 1.82) is 0 Å². The highest BCUT2D eigenvalue weighted by molar-refractivity contribution is 7.85. The summed E-state index contributed by atoms with van der Waals surface area (Å²) in [6, 6.07) is 0.207. The Hall–Kier alpha value is 0.0700. The molecule has 0 aliphatic rings. The van der Waals surface area contributed by atoms with E-state index in [-0.39, 0.29) is 11.3 Å². The van der Waals surface area contributed by atoms with Crippen molar-refractivity contribution in [2.45, 2.75) is 25.1 Å². The van der Waals surface area contributed by atoms with Crippen LogP contribution < -0.4 is 5.32 Å². The molecule has 0 spiro atoms. The Bertz CT molecular complexity index is 139. The first-order chi connectivity index (χ1) is 5.61. The molecule has 0 saturated carbocycles. The molecule has 0 aromatic carbocycles. The molecule has 0 heterocycles. The Morgan fingerprint density at radius 1 is 1.50 bits per heavy atom. The van der Waals surface area contributed by atoms with E-state index in [4.69, 9.17) is 4.74 Å². The molecule has 0 fully saturated rings. The Morgan fingerprint density at radius 3 is 2.42 bits per heavy atom. The molecule has 0 bridgehead atoms. The van der Waals surface area contributed by atoms with Gasteiger partial charge in [0.25, 0.3) is 0 Å². The van der Waals surface area contributed by atoms with Crippen LogP contribution in [0.15, 0.2) is 0 Å². The second-order valence-electron chi connectivity index (χ2n) is 3.04. The summed E-state index contributed by atoms with van der Waals surface area (Å²) >= 11 is 0. The van der Waals surface area contributed by atoms with Crippen LogP contribution in [-0.4, -0.2) is 42.0 Å². The third kappa shape index (κ3) is 4.85. The largest absolute Gasteiger partial charge is 0.383 e. The second kappa shape index (κ2) is 6.57. The lowest BCUT2D eigenvalue weighted by atomic mass is 10.4. The lowest BCUT2D eigenvalue weighted by Gasteiger charge is -2.15. The third-order valence-corrected chi connectivity index (χ3v) is 3.45. The monoisotopic (exact) mass is 193 g/mol. The van der Waals surface area contributed by atoms with Gasteiger partial charge in [0.05, 0.1) is 6.61 Å². The molecule has 0 amide bonds. The van der Waals surface area contributed by atoms with E-state index < -0.39 is 10.8 Å². The van der Waals surface area contributed by atoms with Crippen molar-refractivity contribution in [3.63, 3.8) is 0 Å². The summed E-state index contributed by atoms with van der Waals surface area (Å²) in [4.78, 5) is 0. The van der Waals surface area contributed by atoms with Crippen LogP contribution in [0, 0.1) is 0 Å². The van der Waals surface area contributed by atoms with Gasteiger partial charge in [0.2, 0.25) is 0 Å². The highest BCUT2D eigenvalue weighted by Crippen LogP contribution is 1.97. The molecule has 0 radical (unpaired) electrons. The average molecular weight is 193 g/mol. The van der Waals surface area contributed by atoms with E-state index >= 15 is 0 Å². The van der Waals surface area contributed by atoms with Gasteiger partial charge in [0.1, 0.15) is 0 Å². The normalized spacial score (nSPS) is 16.4. The van der Waals surface area contributed by atoms with Gasteiger partial charge in [0.15, 0.2) is 0 Å². The molecule has 0 aromatic rings. The highest BCUT2D eigenvalue weighted by Gasteiger charge is 2.12. The fourth-order valence-electron chi connectivity index (χ4n) is 0.807. The van der Waals surface area contributed by atoms with Gasteiger partial charge in [-0.05, 0) is 7.05 Å². The van der Waals surface area contributed by atoms with Gasteiger partial charge in [0, 0.05) is 35.0 Å². The molecule has 3 nitrogen and oxygen atoms in total. The molecule has 0 aromatic heterocycles. The molecule has 74 valence electrons. The third-order valence-electron chi connectivity index (χ3n) is 1.67. The van der Waals surface area contributed by atoms with Crippen molar-refractivity contribution in [2.24, 2.45) is 0 Å². The van der Waals surface area contributed by atoms with Gasteiger partial charge in [-0.15, -0.1) is 0 Å². The Kier molecular flexibility index (Phi) is 6.61. The smallest absolute Gasteiger partial charge is 0.0624 e. The maximum absolute atomic E-state index is 11.4. The minimum absolute atomic E-state index is 0.207. The predicted molar refractivity (Wildman–Crippen MR) is 52.9 cm³/mol. The summed E-state index contributed by atoms with van der Waals surface area (Å²) in [5.41, 5.74) is 0. The van der Waals surface area contributed by atoms with Gasteiger partial charge in [-0.1, -0.05) is 13.8 Å². The Balaban J connectivity index is 3.77.